The van der Waals surface area contributed by atoms with Crippen LogP contribution in [0.5, 0.6) is 0 Å². The molecule has 0 saturated heterocycles. The Balaban J connectivity index is 1.71. The Labute approximate surface area is 159 Å². The first-order chi connectivity index (χ1) is 13.1. The lowest BCUT2D eigenvalue weighted by molar-refractivity contribution is -0.690. The molecule has 0 N–H and O–H groups in total. The van der Waals surface area contributed by atoms with Gasteiger partial charge in [-0.2, -0.15) is 0 Å². The number of rotatable bonds is 4. The van der Waals surface area contributed by atoms with Crippen LogP contribution in [-0.2, 0) is 19.5 Å². The van der Waals surface area contributed by atoms with Gasteiger partial charge in [-0.25, -0.2) is 13.5 Å². The fourth-order valence-electron chi connectivity index (χ4n) is 3.82. The van der Waals surface area contributed by atoms with Crippen molar-refractivity contribution in [2.24, 2.45) is 0 Å². The smallest absolute Gasteiger partial charge is 0.257 e. The van der Waals surface area contributed by atoms with Crippen LogP contribution in [0.3, 0.4) is 0 Å². The molecule has 0 aliphatic carbocycles. The third-order valence-corrected chi connectivity index (χ3v) is 5.32. The highest BCUT2D eigenvalue weighted by Crippen LogP contribution is 2.24. The minimum Gasteiger partial charge on any atom is -0.290 e. The second-order valence-corrected chi connectivity index (χ2v) is 7.32. The van der Waals surface area contributed by atoms with Gasteiger partial charge in [0.2, 0.25) is 5.78 Å². The molecular weight excluding hydrogens is 339 g/mol. The van der Waals surface area contributed by atoms with E-state index in [2.05, 4.69) is 15.3 Å². The molecule has 0 atom stereocenters. The molecule has 1 aliphatic rings. The molecule has 0 radical (unpaired) electrons. The molecule has 3 aromatic rings. The van der Waals surface area contributed by atoms with Crippen molar-refractivity contribution >= 4 is 5.78 Å². The van der Waals surface area contributed by atoms with Crippen LogP contribution in [0, 0.1) is 12.7 Å². The molecule has 1 aliphatic heterocycles. The number of carbonyl (C=O) groups is 1. The number of hydrogen-bond acceptors (Lipinski definition) is 1. The van der Waals surface area contributed by atoms with Crippen LogP contribution in [0.4, 0.5) is 4.39 Å². The van der Waals surface area contributed by atoms with Gasteiger partial charge in [0, 0.05) is 17.5 Å². The van der Waals surface area contributed by atoms with Crippen molar-refractivity contribution < 1.29 is 13.8 Å². The van der Waals surface area contributed by atoms with Gasteiger partial charge >= 0.3 is 0 Å². The van der Waals surface area contributed by atoms with Crippen molar-refractivity contribution in [3.05, 3.63) is 77.5 Å². The largest absolute Gasteiger partial charge is 0.290 e. The number of nitrogens with zero attached hydrogens (tertiary/aromatic N) is 2. The van der Waals surface area contributed by atoms with Crippen molar-refractivity contribution in [3.63, 3.8) is 0 Å². The van der Waals surface area contributed by atoms with Crippen molar-refractivity contribution in [1.82, 2.24) is 4.57 Å². The first-order valence-corrected chi connectivity index (χ1v) is 9.59. The van der Waals surface area contributed by atoms with E-state index in [0.717, 1.165) is 48.2 Å². The molecule has 0 bridgehead atoms. The lowest BCUT2D eigenvalue weighted by Crippen LogP contribution is -2.40. The van der Waals surface area contributed by atoms with E-state index in [-0.39, 0.29) is 11.6 Å². The number of halogens is 1. The molecule has 2 aromatic carbocycles. The fraction of sp³-hybridized carbons (Fsp3) is 0.304. The van der Waals surface area contributed by atoms with E-state index < -0.39 is 0 Å². The summed E-state index contributed by atoms with van der Waals surface area (Å²) in [6.07, 6.45) is 6.46. The molecule has 2 heterocycles. The van der Waals surface area contributed by atoms with Crippen molar-refractivity contribution in [1.29, 1.82) is 0 Å². The van der Waals surface area contributed by atoms with Gasteiger partial charge in [-0.1, -0.05) is 29.8 Å². The number of benzene rings is 2. The molecule has 0 amide bonds. The molecule has 0 fully saturated rings. The van der Waals surface area contributed by atoms with Gasteiger partial charge in [-0.05, 0) is 50.5 Å². The summed E-state index contributed by atoms with van der Waals surface area (Å²) in [7, 11) is 0. The number of imidazole rings is 1. The van der Waals surface area contributed by atoms with Crippen LogP contribution in [0.2, 0.25) is 0 Å². The van der Waals surface area contributed by atoms with Crippen molar-refractivity contribution in [2.75, 3.05) is 0 Å². The number of hydrogen-bond donors (Lipinski definition) is 0. The summed E-state index contributed by atoms with van der Waals surface area (Å²) in [5.74, 6) is 1.07. The molecule has 4 rings (SSSR count). The first-order valence-electron chi connectivity index (χ1n) is 9.59. The fourth-order valence-corrected chi connectivity index (χ4v) is 3.82. The molecule has 0 saturated carbocycles. The maximum absolute atomic E-state index is 13.3. The van der Waals surface area contributed by atoms with E-state index in [1.165, 1.54) is 24.4 Å². The summed E-state index contributed by atoms with van der Waals surface area (Å²) in [6.45, 7) is 3.29. The van der Waals surface area contributed by atoms with Crippen LogP contribution in [-0.4, -0.2) is 10.4 Å². The molecule has 0 spiro atoms. The average Bonchev–Trinajstić information content (AvgIpc) is 2.84. The molecule has 4 heteroatoms. The van der Waals surface area contributed by atoms with E-state index in [0.29, 0.717) is 6.54 Å². The SMILES string of the molecule is Cc1ccc(C(=O)C[n+]2cc(-c3ccc(F)cc3)n3c2CCCCC3)cc1. The lowest BCUT2D eigenvalue weighted by atomic mass is 10.1. The van der Waals surface area contributed by atoms with Crippen LogP contribution >= 0.6 is 0 Å². The Bertz CT molecular complexity index is 955. The molecule has 3 nitrogen and oxygen atoms in total. The van der Waals surface area contributed by atoms with Gasteiger partial charge < -0.3 is 0 Å². The first kappa shape index (κ1) is 17.7. The van der Waals surface area contributed by atoms with Gasteiger partial charge in [0.25, 0.3) is 5.82 Å². The Hall–Kier alpha value is -2.75. The standard InChI is InChI=1S/C23H24FN2O/c1-17-6-8-19(9-7-17)22(27)16-25-15-21(18-10-12-20(24)13-11-18)26-14-4-2-3-5-23(25)26/h6-13,15H,2-5,14,16H2,1H3/q+1. The lowest BCUT2D eigenvalue weighted by Gasteiger charge is -2.03. The number of ketones is 1. The van der Waals surface area contributed by atoms with Gasteiger partial charge in [-0.3, -0.25) is 4.79 Å². The maximum atomic E-state index is 13.3. The summed E-state index contributed by atoms with van der Waals surface area (Å²) >= 11 is 0. The number of fused-ring (bicyclic) bond motifs is 1. The Kier molecular flexibility index (Phi) is 4.88. The number of Topliss-reactive ketones (excluding diaryl/α,β-unsaturated/α-hetero) is 1. The molecule has 138 valence electrons. The van der Waals surface area contributed by atoms with Gasteiger partial charge in [0.15, 0.2) is 12.2 Å². The molecular formula is C23H24FN2O+. The summed E-state index contributed by atoms with van der Waals surface area (Å²) in [4.78, 5) is 12.8. The van der Waals surface area contributed by atoms with Gasteiger partial charge in [-0.15, -0.1) is 0 Å². The summed E-state index contributed by atoms with van der Waals surface area (Å²) in [6, 6.07) is 14.4. The summed E-state index contributed by atoms with van der Waals surface area (Å²) in [5.41, 5.74) is 3.94. The zero-order chi connectivity index (χ0) is 18.8. The van der Waals surface area contributed by atoms with E-state index in [1.807, 2.05) is 43.3 Å². The number of carbonyl (C=O) groups excluding carboxylic acids is 1. The average molecular weight is 363 g/mol. The number of aryl methyl sites for hydroxylation is 1. The van der Waals surface area contributed by atoms with E-state index in [9.17, 15) is 9.18 Å². The zero-order valence-electron chi connectivity index (χ0n) is 15.6. The van der Waals surface area contributed by atoms with E-state index in [4.69, 9.17) is 0 Å². The maximum Gasteiger partial charge on any atom is 0.257 e. The third-order valence-electron chi connectivity index (χ3n) is 5.32. The normalized spacial score (nSPS) is 13.9. The van der Waals surface area contributed by atoms with Gasteiger partial charge in [0.1, 0.15) is 12.0 Å². The third kappa shape index (κ3) is 3.70. The summed E-state index contributed by atoms with van der Waals surface area (Å²) in [5, 5.41) is 0. The topological polar surface area (TPSA) is 25.9 Å². The Morgan fingerprint density at radius 2 is 1.78 bits per heavy atom. The van der Waals surface area contributed by atoms with Crippen molar-refractivity contribution in [2.45, 2.75) is 45.7 Å². The molecule has 0 unspecified atom stereocenters. The molecule has 1 aromatic heterocycles. The Morgan fingerprint density at radius 1 is 1.04 bits per heavy atom. The Morgan fingerprint density at radius 3 is 2.52 bits per heavy atom. The second-order valence-electron chi connectivity index (χ2n) is 7.32. The minimum atomic E-state index is -0.233. The van der Waals surface area contributed by atoms with E-state index >= 15 is 0 Å². The highest BCUT2D eigenvalue weighted by atomic mass is 19.1. The van der Waals surface area contributed by atoms with Crippen LogP contribution in [0.15, 0.2) is 54.7 Å². The minimum absolute atomic E-state index is 0.114. The van der Waals surface area contributed by atoms with E-state index in [1.54, 1.807) is 0 Å². The predicted octanol–water partition coefficient (Wildman–Crippen LogP) is 4.50. The highest BCUT2D eigenvalue weighted by Gasteiger charge is 2.27. The summed E-state index contributed by atoms with van der Waals surface area (Å²) < 4.78 is 17.7. The van der Waals surface area contributed by atoms with Crippen LogP contribution in [0.25, 0.3) is 11.3 Å². The predicted molar refractivity (Wildman–Crippen MR) is 103 cm³/mol. The quantitative estimate of drug-likeness (QED) is 0.495. The van der Waals surface area contributed by atoms with Gasteiger partial charge in [0.05, 0.1) is 6.54 Å². The van der Waals surface area contributed by atoms with Crippen LogP contribution < -0.4 is 4.57 Å². The monoisotopic (exact) mass is 363 g/mol. The number of aromatic nitrogens is 2. The second kappa shape index (κ2) is 7.47. The van der Waals surface area contributed by atoms with Crippen molar-refractivity contribution in [3.8, 4) is 11.3 Å². The van der Waals surface area contributed by atoms with Crippen LogP contribution in [0.1, 0.15) is 41.0 Å². The molecule has 27 heavy (non-hydrogen) atoms. The highest BCUT2D eigenvalue weighted by molar-refractivity contribution is 5.95. The zero-order valence-corrected chi connectivity index (χ0v) is 15.6.